The third kappa shape index (κ3) is 2.15. The van der Waals surface area contributed by atoms with Gasteiger partial charge in [0.1, 0.15) is 10.8 Å². The Bertz CT molecular complexity index is 380. The molecule has 0 unspecified atom stereocenters. The Morgan fingerprint density at radius 3 is 3.21 bits per heavy atom. The number of rotatable bonds is 4. The fourth-order valence-corrected chi connectivity index (χ4v) is 1.76. The van der Waals surface area contributed by atoms with Crippen LogP contribution in [0.2, 0.25) is 0 Å². The van der Waals surface area contributed by atoms with E-state index in [2.05, 4.69) is 25.5 Å². The molecule has 2 heterocycles. The molecular formula is C8H11N5S. The predicted molar refractivity (Wildman–Crippen MR) is 54.1 cm³/mol. The van der Waals surface area contributed by atoms with E-state index in [0.717, 1.165) is 23.1 Å². The van der Waals surface area contributed by atoms with Gasteiger partial charge in [-0.1, -0.05) is 0 Å². The van der Waals surface area contributed by atoms with Gasteiger partial charge in [-0.25, -0.2) is 9.97 Å². The van der Waals surface area contributed by atoms with E-state index >= 15 is 0 Å². The first-order valence-corrected chi connectivity index (χ1v) is 5.19. The first-order chi connectivity index (χ1) is 6.88. The van der Waals surface area contributed by atoms with Crippen molar-refractivity contribution in [2.45, 2.75) is 13.0 Å². The van der Waals surface area contributed by atoms with Crippen molar-refractivity contribution < 1.29 is 0 Å². The summed E-state index contributed by atoms with van der Waals surface area (Å²) < 4.78 is 0. The summed E-state index contributed by atoms with van der Waals surface area (Å²) in [6.45, 7) is 0.689. The third-order valence-corrected chi connectivity index (χ3v) is 2.49. The highest BCUT2D eigenvalue weighted by molar-refractivity contribution is 7.09. The van der Waals surface area contributed by atoms with Gasteiger partial charge in [0.2, 0.25) is 0 Å². The number of aromatic nitrogens is 4. The van der Waals surface area contributed by atoms with Gasteiger partial charge >= 0.3 is 0 Å². The Kier molecular flexibility index (Phi) is 2.85. The highest BCUT2D eigenvalue weighted by atomic mass is 32.1. The van der Waals surface area contributed by atoms with Crippen molar-refractivity contribution in [3.63, 3.8) is 0 Å². The second kappa shape index (κ2) is 4.30. The Hall–Kier alpha value is -1.27. The van der Waals surface area contributed by atoms with E-state index < -0.39 is 0 Å². The van der Waals surface area contributed by atoms with Crippen LogP contribution < -0.4 is 5.32 Å². The van der Waals surface area contributed by atoms with Gasteiger partial charge in [0.05, 0.1) is 13.0 Å². The quantitative estimate of drug-likeness (QED) is 0.772. The molecule has 0 bridgehead atoms. The minimum atomic E-state index is 0.689. The van der Waals surface area contributed by atoms with E-state index in [0.29, 0.717) is 6.54 Å². The van der Waals surface area contributed by atoms with E-state index in [4.69, 9.17) is 0 Å². The van der Waals surface area contributed by atoms with Crippen molar-refractivity contribution >= 4 is 11.3 Å². The SMILES string of the molecule is CNCc1n[nH]c(Cc2nccs2)n1. The number of thiazole rings is 1. The van der Waals surface area contributed by atoms with Crippen molar-refractivity contribution in [3.8, 4) is 0 Å². The van der Waals surface area contributed by atoms with Crippen LogP contribution in [-0.4, -0.2) is 27.2 Å². The zero-order chi connectivity index (χ0) is 9.80. The number of nitrogens with one attached hydrogen (secondary N) is 2. The molecule has 2 aromatic rings. The largest absolute Gasteiger partial charge is 0.313 e. The zero-order valence-corrected chi connectivity index (χ0v) is 8.64. The van der Waals surface area contributed by atoms with Gasteiger partial charge in [0.25, 0.3) is 0 Å². The molecule has 0 aliphatic heterocycles. The van der Waals surface area contributed by atoms with Gasteiger partial charge in [-0.15, -0.1) is 11.3 Å². The number of nitrogens with zero attached hydrogens (tertiary/aromatic N) is 3. The summed E-state index contributed by atoms with van der Waals surface area (Å²) in [6.07, 6.45) is 2.53. The maximum absolute atomic E-state index is 4.31. The highest BCUT2D eigenvalue weighted by Gasteiger charge is 2.04. The third-order valence-electron chi connectivity index (χ3n) is 1.72. The molecule has 0 aliphatic rings. The Morgan fingerprint density at radius 1 is 1.57 bits per heavy atom. The van der Waals surface area contributed by atoms with Crippen LogP contribution in [0, 0.1) is 0 Å². The van der Waals surface area contributed by atoms with Gasteiger partial charge < -0.3 is 5.32 Å². The molecule has 0 saturated heterocycles. The summed E-state index contributed by atoms with van der Waals surface area (Å²) in [5.74, 6) is 1.66. The number of aromatic amines is 1. The van der Waals surface area contributed by atoms with Crippen LogP contribution >= 0.6 is 11.3 Å². The van der Waals surface area contributed by atoms with Crippen molar-refractivity contribution in [2.75, 3.05) is 7.05 Å². The summed E-state index contributed by atoms with van der Waals surface area (Å²) in [4.78, 5) is 8.49. The molecule has 0 fully saturated rings. The van der Waals surface area contributed by atoms with Crippen LogP contribution in [0.4, 0.5) is 0 Å². The van der Waals surface area contributed by atoms with Crippen molar-refractivity contribution in [1.82, 2.24) is 25.5 Å². The smallest absolute Gasteiger partial charge is 0.164 e. The molecule has 2 rings (SSSR count). The van der Waals surface area contributed by atoms with Crippen LogP contribution in [0.1, 0.15) is 16.7 Å². The molecule has 0 saturated carbocycles. The highest BCUT2D eigenvalue weighted by Crippen LogP contribution is 2.08. The standard InChI is InChI=1S/C8H11N5S/c1-9-5-7-11-6(12-13-7)4-8-10-2-3-14-8/h2-3,9H,4-5H2,1H3,(H,11,12,13). The first-order valence-electron chi connectivity index (χ1n) is 4.31. The van der Waals surface area contributed by atoms with Gasteiger partial charge in [-0.05, 0) is 7.05 Å². The van der Waals surface area contributed by atoms with Gasteiger partial charge in [-0.2, -0.15) is 5.10 Å². The number of hydrogen-bond acceptors (Lipinski definition) is 5. The van der Waals surface area contributed by atoms with Crippen LogP contribution in [-0.2, 0) is 13.0 Å². The summed E-state index contributed by atoms with van der Waals surface area (Å²) in [5.41, 5.74) is 0. The molecule has 2 N–H and O–H groups in total. The summed E-state index contributed by atoms with van der Waals surface area (Å²) in [7, 11) is 1.87. The van der Waals surface area contributed by atoms with Gasteiger partial charge in [-0.3, -0.25) is 5.10 Å². The minimum Gasteiger partial charge on any atom is -0.313 e. The summed E-state index contributed by atoms with van der Waals surface area (Å²) in [6, 6.07) is 0. The van der Waals surface area contributed by atoms with Crippen molar-refractivity contribution in [1.29, 1.82) is 0 Å². The lowest BCUT2D eigenvalue weighted by atomic mass is 10.4. The Labute approximate surface area is 85.6 Å². The molecule has 6 heteroatoms. The normalized spacial score (nSPS) is 10.6. The first kappa shape index (κ1) is 9.29. The number of hydrogen-bond donors (Lipinski definition) is 2. The van der Waals surface area contributed by atoms with Crippen LogP contribution in [0.3, 0.4) is 0 Å². The molecule has 0 aliphatic carbocycles. The van der Waals surface area contributed by atoms with Crippen LogP contribution in [0.5, 0.6) is 0 Å². The van der Waals surface area contributed by atoms with Gasteiger partial charge in [0, 0.05) is 11.6 Å². The molecule has 0 atom stereocenters. The van der Waals surface area contributed by atoms with E-state index in [1.54, 1.807) is 17.5 Å². The maximum atomic E-state index is 4.31. The van der Waals surface area contributed by atoms with E-state index in [-0.39, 0.29) is 0 Å². The molecule has 0 spiro atoms. The van der Waals surface area contributed by atoms with Crippen LogP contribution in [0.25, 0.3) is 0 Å². The molecular weight excluding hydrogens is 198 g/mol. The Morgan fingerprint density at radius 2 is 2.50 bits per heavy atom. The second-order valence-corrected chi connectivity index (χ2v) is 3.81. The molecule has 74 valence electrons. The van der Waals surface area contributed by atoms with E-state index in [1.165, 1.54) is 0 Å². The summed E-state index contributed by atoms with van der Waals surface area (Å²) in [5, 5.41) is 13.0. The molecule has 2 aromatic heterocycles. The average Bonchev–Trinajstić information content (AvgIpc) is 2.79. The molecule has 0 amide bonds. The predicted octanol–water partition coefficient (Wildman–Crippen LogP) is 0.571. The monoisotopic (exact) mass is 209 g/mol. The Balaban J connectivity index is 2.03. The van der Waals surface area contributed by atoms with Crippen molar-refractivity contribution in [3.05, 3.63) is 28.2 Å². The summed E-state index contributed by atoms with van der Waals surface area (Å²) >= 11 is 1.63. The van der Waals surface area contributed by atoms with Gasteiger partial charge in [0.15, 0.2) is 5.82 Å². The molecule has 0 aromatic carbocycles. The maximum Gasteiger partial charge on any atom is 0.164 e. The van der Waals surface area contributed by atoms with Crippen molar-refractivity contribution in [2.24, 2.45) is 0 Å². The average molecular weight is 209 g/mol. The molecule has 5 nitrogen and oxygen atoms in total. The second-order valence-electron chi connectivity index (χ2n) is 2.83. The molecule has 0 radical (unpaired) electrons. The fourth-order valence-electron chi connectivity index (χ4n) is 1.13. The van der Waals surface area contributed by atoms with Crippen LogP contribution in [0.15, 0.2) is 11.6 Å². The molecule has 14 heavy (non-hydrogen) atoms. The lowest BCUT2D eigenvalue weighted by molar-refractivity contribution is 0.762. The number of H-pyrrole nitrogens is 1. The fraction of sp³-hybridized carbons (Fsp3) is 0.375. The lowest BCUT2D eigenvalue weighted by Gasteiger charge is -1.90. The lowest BCUT2D eigenvalue weighted by Crippen LogP contribution is -2.06. The van der Waals surface area contributed by atoms with E-state index in [9.17, 15) is 0 Å². The minimum absolute atomic E-state index is 0.689. The topological polar surface area (TPSA) is 66.5 Å². The van der Waals surface area contributed by atoms with E-state index in [1.807, 2.05) is 12.4 Å². The zero-order valence-electron chi connectivity index (χ0n) is 7.82.